The molecule has 0 aromatic carbocycles. The van der Waals surface area contributed by atoms with E-state index >= 15 is 0 Å². The van der Waals surface area contributed by atoms with Crippen LogP contribution in [0.1, 0.15) is 13.3 Å². The molecular weight excluding hydrogens is 194 g/mol. The highest BCUT2D eigenvalue weighted by atomic mass is 32.2. The Labute approximate surface area is 78.6 Å². The van der Waals surface area contributed by atoms with E-state index in [9.17, 15) is 8.42 Å². The first-order valence-corrected chi connectivity index (χ1v) is 7.00. The number of thioether (sulfide) groups is 1. The lowest BCUT2D eigenvalue weighted by Gasteiger charge is -2.29. The van der Waals surface area contributed by atoms with Crippen molar-refractivity contribution in [2.75, 3.05) is 25.1 Å². The van der Waals surface area contributed by atoms with Crippen LogP contribution in [0.2, 0.25) is 0 Å². The van der Waals surface area contributed by atoms with E-state index in [-0.39, 0.29) is 0 Å². The molecule has 0 saturated carbocycles. The fourth-order valence-electron chi connectivity index (χ4n) is 1.24. The Balaban J connectivity index is 2.58. The molecular formula is C7H15NO2S2. The van der Waals surface area contributed by atoms with Crippen molar-refractivity contribution in [3.63, 3.8) is 0 Å². The Bertz CT molecular complexity index is 238. The minimum absolute atomic E-state index is 0.494. The van der Waals surface area contributed by atoms with Gasteiger partial charge in [0.1, 0.15) is 0 Å². The quantitative estimate of drug-likeness (QED) is 0.674. The van der Waals surface area contributed by atoms with Crippen molar-refractivity contribution in [3.8, 4) is 0 Å². The predicted octanol–water partition coefficient (Wildman–Crippen LogP) is 0.773. The van der Waals surface area contributed by atoms with Gasteiger partial charge >= 0.3 is 0 Å². The number of sulfonamides is 1. The van der Waals surface area contributed by atoms with E-state index in [0.717, 1.165) is 12.2 Å². The molecule has 0 spiro atoms. The molecule has 0 aromatic rings. The third kappa shape index (κ3) is 2.64. The van der Waals surface area contributed by atoms with Crippen molar-refractivity contribution in [1.29, 1.82) is 0 Å². The van der Waals surface area contributed by atoms with Gasteiger partial charge in [-0.3, -0.25) is 0 Å². The highest BCUT2D eigenvalue weighted by molar-refractivity contribution is 8.00. The SMILES string of the molecule is CCC1CN(S(C)(=O)=O)CCS1. The van der Waals surface area contributed by atoms with Gasteiger partial charge in [0.15, 0.2) is 0 Å². The molecule has 1 aliphatic heterocycles. The first-order valence-electron chi connectivity index (χ1n) is 4.10. The van der Waals surface area contributed by atoms with E-state index in [1.165, 1.54) is 6.26 Å². The summed E-state index contributed by atoms with van der Waals surface area (Å²) in [5, 5.41) is 0.494. The van der Waals surface area contributed by atoms with Gasteiger partial charge in [-0.05, 0) is 6.42 Å². The zero-order chi connectivity index (χ0) is 9.19. The van der Waals surface area contributed by atoms with Crippen LogP contribution in [0.5, 0.6) is 0 Å². The minimum Gasteiger partial charge on any atom is -0.213 e. The van der Waals surface area contributed by atoms with E-state index in [2.05, 4.69) is 6.92 Å². The summed E-state index contributed by atoms with van der Waals surface area (Å²) in [6.45, 7) is 3.48. The van der Waals surface area contributed by atoms with Crippen LogP contribution in [0.15, 0.2) is 0 Å². The second-order valence-corrected chi connectivity index (χ2v) is 6.41. The van der Waals surface area contributed by atoms with Gasteiger partial charge < -0.3 is 0 Å². The van der Waals surface area contributed by atoms with Crippen molar-refractivity contribution in [2.24, 2.45) is 0 Å². The van der Waals surface area contributed by atoms with Crippen LogP contribution < -0.4 is 0 Å². The van der Waals surface area contributed by atoms with Gasteiger partial charge in [0, 0.05) is 24.1 Å². The first-order chi connectivity index (χ1) is 5.54. The van der Waals surface area contributed by atoms with Crippen LogP contribution >= 0.6 is 11.8 Å². The topological polar surface area (TPSA) is 37.4 Å². The van der Waals surface area contributed by atoms with Crippen LogP contribution in [-0.4, -0.2) is 43.1 Å². The van der Waals surface area contributed by atoms with Gasteiger partial charge in [-0.2, -0.15) is 11.8 Å². The third-order valence-electron chi connectivity index (χ3n) is 2.03. The van der Waals surface area contributed by atoms with Crippen molar-refractivity contribution < 1.29 is 8.42 Å². The molecule has 1 aliphatic rings. The smallest absolute Gasteiger partial charge is 0.211 e. The average molecular weight is 209 g/mol. The fraction of sp³-hybridized carbons (Fsp3) is 1.00. The summed E-state index contributed by atoms with van der Waals surface area (Å²) in [4.78, 5) is 0. The summed E-state index contributed by atoms with van der Waals surface area (Å²) in [6.07, 6.45) is 2.34. The first kappa shape index (κ1) is 10.3. The molecule has 0 aliphatic carbocycles. The molecule has 1 fully saturated rings. The molecule has 1 atom stereocenters. The van der Waals surface area contributed by atoms with Gasteiger partial charge in [0.2, 0.25) is 10.0 Å². The van der Waals surface area contributed by atoms with E-state index in [0.29, 0.717) is 18.3 Å². The zero-order valence-corrected chi connectivity index (χ0v) is 9.12. The summed E-state index contributed by atoms with van der Waals surface area (Å²) in [6, 6.07) is 0. The molecule has 12 heavy (non-hydrogen) atoms. The second-order valence-electron chi connectivity index (χ2n) is 3.02. The van der Waals surface area contributed by atoms with Crippen LogP contribution in [0.3, 0.4) is 0 Å². The number of hydrogen-bond acceptors (Lipinski definition) is 3. The Kier molecular flexibility index (Phi) is 3.43. The van der Waals surface area contributed by atoms with E-state index in [1.54, 1.807) is 4.31 Å². The van der Waals surface area contributed by atoms with Crippen LogP contribution in [-0.2, 0) is 10.0 Å². The molecule has 1 rings (SSSR count). The molecule has 0 aromatic heterocycles. The van der Waals surface area contributed by atoms with E-state index in [1.807, 2.05) is 11.8 Å². The maximum atomic E-state index is 11.2. The number of rotatable bonds is 2. The lowest BCUT2D eigenvalue weighted by molar-refractivity contribution is 0.420. The molecule has 1 heterocycles. The van der Waals surface area contributed by atoms with E-state index in [4.69, 9.17) is 0 Å². The molecule has 5 heteroatoms. The van der Waals surface area contributed by atoms with Crippen LogP contribution in [0.4, 0.5) is 0 Å². The maximum absolute atomic E-state index is 11.2. The fourth-order valence-corrected chi connectivity index (χ4v) is 3.50. The molecule has 1 unspecified atom stereocenters. The largest absolute Gasteiger partial charge is 0.213 e. The zero-order valence-electron chi connectivity index (χ0n) is 7.49. The van der Waals surface area contributed by atoms with Crippen LogP contribution in [0, 0.1) is 0 Å². The summed E-state index contributed by atoms with van der Waals surface area (Å²) >= 11 is 1.88. The molecule has 72 valence electrons. The van der Waals surface area contributed by atoms with Gasteiger partial charge in [-0.1, -0.05) is 6.92 Å². The number of nitrogens with zero attached hydrogens (tertiary/aromatic N) is 1. The average Bonchev–Trinajstić information content (AvgIpc) is 2.03. The Hall–Kier alpha value is 0.260. The summed E-state index contributed by atoms with van der Waals surface area (Å²) in [7, 11) is -2.95. The van der Waals surface area contributed by atoms with Gasteiger partial charge in [0.25, 0.3) is 0 Å². The third-order valence-corrected chi connectivity index (χ3v) is 4.67. The standard InChI is InChI=1S/C7H15NO2S2/c1-3-7-6-8(4-5-11-7)12(2,9)10/h7H,3-6H2,1-2H3. The van der Waals surface area contributed by atoms with Crippen LogP contribution in [0.25, 0.3) is 0 Å². The highest BCUT2D eigenvalue weighted by Crippen LogP contribution is 2.22. The summed E-state index contributed by atoms with van der Waals surface area (Å²) in [5.74, 6) is 0.936. The van der Waals surface area contributed by atoms with Gasteiger partial charge in [-0.15, -0.1) is 0 Å². The second kappa shape index (κ2) is 3.98. The summed E-state index contributed by atoms with van der Waals surface area (Å²) < 4.78 is 23.9. The molecule has 3 nitrogen and oxygen atoms in total. The number of hydrogen-bond donors (Lipinski definition) is 0. The van der Waals surface area contributed by atoms with Crippen molar-refractivity contribution in [1.82, 2.24) is 4.31 Å². The predicted molar refractivity (Wildman–Crippen MR) is 53.0 cm³/mol. The lowest BCUT2D eigenvalue weighted by Crippen LogP contribution is -2.41. The molecule has 0 bridgehead atoms. The lowest BCUT2D eigenvalue weighted by atomic mass is 10.3. The van der Waals surface area contributed by atoms with E-state index < -0.39 is 10.0 Å². The Morgan fingerprint density at radius 1 is 1.58 bits per heavy atom. The molecule has 1 saturated heterocycles. The normalized spacial score (nSPS) is 27.3. The van der Waals surface area contributed by atoms with Crippen molar-refractivity contribution in [3.05, 3.63) is 0 Å². The summed E-state index contributed by atoms with van der Waals surface area (Å²) in [5.41, 5.74) is 0. The molecule has 0 radical (unpaired) electrons. The minimum atomic E-state index is -2.95. The molecule has 0 amide bonds. The van der Waals surface area contributed by atoms with Crippen molar-refractivity contribution in [2.45, 2.75) is 18.6 Å². The van der Waals surface area contributed by atoms with Gasteiger partial charge in [-0.25, -0.2) is 12.7 Å². The highest BCUT2D eigenvalue weighted by Gasteiger charge is 2.24. The monoisotopic (exact) mass is 209 g/mol. The Morgan fingerprint density at radius 2 is 2.25 bits per heavy atom. The molecule has 0 N–H and O–H groups in total. The van der Waals surface area contributed by atoms with Crippen molar-refractivity contribution >= 4 is 21.8 Å². The Morgan fingerprint density at radius 3 is 2.75 bits per heavy atom. The maximum Gasteiger partial charge on any atom is 0.211 e. The van der Waals surface area contributed by atoms with Gasteiger partial charge in [0.05, 0.1) is 6.26 Å².